The maximum absolute atomic E-state index is 13.4. The number of nitrogens with one attached hydrogen (secondary N) is 1. The number of likely N-dealkylation sites (N-methyl/N-ethyl adjacent to an activating group) is 1. The molecule has 0 aliphatic rings. The van der Waals surface area contributed by atoms with Crippen LogP contribution < -0.4 is 11.1 Å². The molecule has 1 rings (SSSR count). The van der Waals surface area contributed by atoms with Crippen LogP contribution in [-0.2, 0) is 16.1 Å². The topological polar surface area (TPSA) is 75.4 Å². The van der Waals surface area contributed by atoms with E-state index < -0.39 is 5.91 Å². The largest absolute Gasteiger partial charge is 0.346 e. The number of hydrogen-bond donors (Lipinski definition) is 2. The van der Waals surface area contributed by atoms with E-state index in [9.17, 15) is 14.0 Å². The summed E-state index contributed by atoms with van der Waals surface area (Å²) in [5.41, 5.74) is 5.52. The van der Waals surface area contributed by atoms with Gasteiger partial charge in [0.2, 0.25) is 11.8 Å². The fourth-order valence-corrected chi connectivity index (χ4v) is 1.35. The number of carbonyl (C=O) groups excluding carboxylic acids is 2. The zero-order valence-corrected chi connectivity index (χ0v) is 11.4. The van der Waals surface area contributed by atoms with Crippen molar-refractivity contribution >= 4 is 24.2 Å². The van der Waals surface area contributed by atoms with Gasteiger partial charge in [-0.15, -0.1) is 12.4 Å². The van der Waals surface area contributed by atoms with Gasteiger partial charge in [0.15, 0.2) is 0 Å². The monoisotopic (exact) mass is 289 g/mol. The van der Waals surface area contributed by atoms with Gasteiger partial charge >= 0.3 is 0 Å². The van der Waals surface area contributed by atoms with Gasteiger partial charge in [-0.3, -0.25) is 9.59 Å². The average Bonchev–Trinajstić information content (AvgIpc) is 2.38. The van der Waals surface area contributed by atoms with Crippen molar-refractivity contribution in [2.45, 2.75) is 6.54 Å². The van der Waals surface area contributed by atoms with Gasteiger partial charge in [-0.05, 0) is 6.07 Å². The third-order valence-electron chi connectivity index (χ3n) is 2.41. The molecule has 5 nitrogen and oxygen atoms in total. The molecule has 106 valence electrons. The highest BCUT2D eigenvalue weighted by molar-refractivity contribution is 5.85. The molecule has 0 aromatic heterocycles. The Kier molecular flexibility index (Phi) is 7.71. The molecule has 0 saturated heterocycles. The first-order valence-electron chi connectivity index (χ1n) is 5.48. The van der Waals surface area contributed by atoms with Gasteiger partial charge in [0.25, 0.3) is 0 Å². The van der Waals surface area contributed by atoms with Gasteiger partial charge in [0, 0.05) is 19.2 Å². The molecule has 0 radical (unpaired) electrons. The molecule has 0 atom stereocenters. The second-order valence-corrected chi connectivity index (χ2v) is 3.82. The maximum Gasteiger partial charge on any atom is 0.242 e. The molecule has 0 aliphatic heterocycles. The van der Waals surface area contributed by atoms with Crippen LogP contribution in [0.25, 0.3) is 0 Å². The number of carbonyl (C=O) groups is 2. The minimum Gasteiger partial charge on any atom is -0.346 e. The van der Waals surface area contributed by atoms with Crippen LogP contribution in [0.2, 0.25) is 0 Å². The zero-order chi connectivity index (χ0) is 13.5. The summed E-state index contributed by atoms with van der Waals surface area (Å²) in [5.74, 6) is -1.06. The summed E-state index contributed by atoms with van der Waals surface area (Å²) >= 11 is 0. The van der Waals surface area contributed by atoms with E-state index in [2.05, 4.69) is 5.32 Å². The van der Waals surface area contributed by atoms with Gasteiger partial charge < -0.3 is 16.0 Å². The highest BCUT2D eigenvalue weighted by atomic mass is 35.5. The molecule has 0 saturated carbocycles. The lowest BCUT2D eigenvalue weighted by Gasteiger charge is -2.17. The van der Waals surface area contributed by atoms with Crippen molar-refractivity contribution in [1.29, 1.82) is 0 Å². The van der Waals surface area contributed by atoms with Crippen LogP contribution in [0.15, 0.2) is 24.3 Å². The van der Waals surface area contributed by atoms with Crippen LogP contribution in [0, 0.1) is 5.82 Å². The number of rotatable bonds is 5. The van der Waals surface area contributed by atoms with E-state index in [0.29, 0.717) is 5.56 Å². The van der Waals surface area contributed by atoms with Gasteiger partial charge in [-0.25, -0.2) is 4.39 Å². The van der Waals surface area contributed by atoms with E-state index in [1.54, 1.807) is 25.2 Å². The maximum atomic E-state index is 13.4. The molecule has 0 aliphatic carbocycles. The van der Waals surface area contributed by atoms with Crippen molar-refractivity contribution in [3.05, 3.63) is 35.6 Å². The summed E-state index contributed by atoms with van der Waals surface area (Å²) < 4.78 is 13.4. The predicted octanol–water partition coefficient (Wildman–Crippen LogP) is 0.281. The van der Waals surface area contributed by atoms with Crippen molar-refractivity contribution in [3.8, 4) is 0 Å². The summed E-state index contributed by atoms with van der Waals surface area (Å²) in [6.07, 6.45) is 0. The lowest BCUT2D eigenvalue weighted by Crippen LogP contribution is -2.40. The van der Waals surface area contributed by atoms with E-state index in [1.807, 2.05) is 0 Å². The number of hydrogen-bond acceptors (Lipinski definition) is 3. The number of nitrogens with zero attached hydrogens (tertiary/aromatic N) is 1. The second-order valence-electron chi connectivity index (χ2n) is 3.82. The molecule has 1 aromatic carbocycles. The summed E-state index contributed by atoms with van der Waals surface area (Å²) in [7, 11) is 1.55. The summed E-state index contributed by atoms with van der Waals surface area (Å²) in [4.78, 5) is 23.9. The molecule has 0 heterocycles. The first kappa shape index (κ1) is 17.3. The number of benzene rings is 1. The average molecular weight is 290 g/mol. The van der Waals surface area contributed by atoms with E-state index in [0.717, 1.165) is 0 Å². The molecule has 3 N–H and O–H groups in total. The van der Waals surface area contributed by atoms with Gasteiger partial charge in [0.1, 0.15) is 5.82 Å². The molecule has 1 aromatic rings. The van der Waals surface area contributed by atoms with Crippen molar-refractivity contribution < 1.29 is 14.0 Å². The number of amides is 2. The smallest absolute Gasteiger partial charge is 0.242 e. The SMILES string of the molecule is CN(Cc1ccccc1F)C(=O)CNC(=O)CN.Cl. The Morgan fingerprint density at radius 2 is 2.00 bits per heavy atom. The van der Waals surface area contributed by atoms with Gasteiger partial charge in [-0.2, -0.15) is 0 Å². The highest BCUT2D eigenvalue weighted by Gasteiger charge is 2.12. The van der Waals surface area contributed by atoms with E-state index >= 15 is 0 Å². The Morgan fingerprint density at radius 1 is 1.37 bits per heavy atom. The Morgan fingerprint density at radius 3 is 2.58 bits per heavy atom. The molecule has 0 unspecified atom stereocenters. The van der Waals surface area contributed by atoms with Crippen LogP contribution in [0.1, 0.15) is 5.56 Å². The standard InChI is InChI=1S/C12H16FN3O2.ClH/c1-16(12(18)7-15-11(17)6-14)8-9-4-2-3-5-10(9)13;/h2-5H,6-8,14H2,1H3,(H,15,17);1H. The summed E-state index contributed by atoms with van der Waals surface area (Å²) in [6.45, 7) is -0.144. The van der Waals surface area contributed by atoms with Gasteiger partial charge in [-0.1, -0.05) is 18.2 Å². The van der Waals surface area contributed by atoms with Gasteiger partial charge in [0.05, 0.1) is 13.1 Å². The van der Waals surface area contributed by atoms with E-state index in [4.69, 9.17) is 5.73 Å². The van der Waals surface area contributed by atoms with Crippen molar-refractivity contribution in [2.75, 3.05) is 20.1 Å². The molecule has 0 bridgehead atoms. The summed E-state index contributed by atoms with van der Waals surface area (Å²) in [6, 6.07) is 6.23. The van der Waals surface area contributed by atoms with Crippen molar-refractivity contribution in [1.82, 2.24) is 10.2 Å². The molecule has 2 amide bonds. The van der Waals surface area contributed by atoms with E-state index in [-0.39, 0.29) is 43.8 Å². The minimum absolute atomic E-state index is 0. The number of halogens is 2. The normalized spacial score (nSPS) is 9.42. The van der Waals surface area contributed by atoms with E-state index in [1.165, 1.54) is 11.0 Å². The molecule has 0 fully saturated rings. The second kappa shape index (κ2) is 8.44. The first-order valence-corrected chi connectivity index (χ1v) is 5.48. The van der Waals surface area contributed by atoms with Crippen LogP contribution in [-0.4, -0.2) is 36.9 Å². The number of nitrogens with two attached hydrogens (primary N) is 1. The molecular formula is C12H17ClFN3O2. The predicted molar refractivity (Wildman–Crippen MR) is 72.2 cm³/mol. The third-order valence-corrected chi connectivity index (χ3v) is 2.41. The Hall–Kier alpha value is -1.66. The zero-order valence-electron chi connectivity index (χ0n) is 10.6. The first-order chi connectivity index (χ1) is 8.54. The van der Waals surface area contributed by atoms with Crippen LogP contribution in [0.5, 0.6) is 0 Å². The summed E-state index contributed by atoms with van der Waals surface area (Å²) in [5, 5.41) is 2.36. The Labute approximate surface area is 117 Å². The quantitative estimate of drug-likeness (QED) is 0.818. The molecular weight excluding hydrogens is 273 g/mol. The highest BCUT2D eigenvalue weighted by Crippen LogP contribution is 2.08. The Balaban J connectivity index is 0.00000324. The fourth-order valence-electron chi connectivity index (χ4n) is 1.35. The molecule has 19 heavy (non-hydrogen) atoms. The lowest BCUT2D eigenvalue weighted by molar-refractivity contribution is -0.131. The molecule has 0 spiro atoms. The van der Waals surface area contributed by atoms with Crippen molar-refractivity contribution in [2.24, 2.45) is 5.73 Å². The minimum atomic E-state index is -0.400. The third kappa shape index (κ3) is 5.67. The lowest BCUT2D eigenvalue weighted by atomic mass is 10.2. The van der Waals surface area contributed by atoms with Crippen LogP contribution in [0.3, 0.4) is 0 Å². The van der Waals surface area contributed by atoms with Crippen LogP contribution in [0.4, 0.5) is 4.39 Å². The van der Waals surface area contributed by atoms with Crippen molar-refractivity contribution in [3.63, 3.8) is 0 Å². The van der Waals surface area contributed by atoms with Crippen LogP contribution >= 0.6 is 12.4 Å². The fraction of sp³-hybridized carbons (Fsp3) is 0.333. The Bertz CT molecular complexity index is 443. The molecule has 7 heteroatoms.